The van der Waals surface area contributed by atoms with Gasteiger partial charge >= 0.3 is 0 Å². The highest BCUT2D eigenvalue weighted by Gasteiger charge is 2.37. The Hall–Kier alpha value is -1.66. The zero-order valence-electron chi connectivity index (χ0n) is 11.6. The molecule has 1 aliphatic carbocycles. The third kappa shape index (κ3) is 3.33. The van der Waals surface area contributed by atoms with Crippen LogP contribution in [-0.2, 0) is 20.6 Å². The van der Waals surface area contributed by atoms with Gasteiger partial charge in [0.05, 0.1) is 5.75 Å². The minimum absolute atomic E-state index is 0.0806. The molecule has 0 aromatic heterocycles. The maximum atomic E-state index is 12.5. The van der Waals surface area contributed by atoms with Gasteiger partial charge in [-0.2, -0.15) is 4.31 Å². The van der Waals surface area contributed by atoms with E-state index in [2.05, 4.69) is 5.32 Å². The Kier molecular flexibility index (Phi) is 3.82. The first-order chi connectivity index (χ1) is 10.1. The van der Waals surface area contributed by atoms with E-state index in [1.807, 2.05) is 18.2 Å². The summed E-state index contributed by atoms with van der Waals surface area (Å²) < 4.78 is 26.3. The second kappa shape index (κ2) is 5.61. The maximum Gasteiger partial charge on any atom is 0.242 e. The topological polar surface area (TPSA) is 66.5 Å². The lowest BCUT2D eigenvalue weighted by molar-refractivity contribution is -0.123. The summed E-state index contributed by atoms with van der Waals surface area (Å²) in [5, 5.41) is 2.87. The van der Waals surface area contributed by atoms with Gasteiger partial charge in [-0.3, -0.25) is 4.79 Å². The molecular formula is C15H18N2O3S. The molecule has 1 N–H and O–H groups in total. The SMILES string of the molecule is O=C(NC1CC1)[C@@H]1C=CCN1S(=O)(=O)Cc1ccccc1. The second-order valence-electron chi connectivity index (χ2n) is 5.47. The summed E-state index contributed by atoms with van der Waals surface area (Å²) >= 11 is 0. The zero-order chi connectivity index (χ0) is 14.9. The molecule has 2 aliphatic rings. The predicted molar refractivity (Wildman–Crippen MR) is 79.9 cm³/mol. The highest BCUT2D eigenvalue weighted by molar-refractivity contribution is 7.88. The van der Waals surface area contributed by atoms with E-state index in [0.717, 1.165) is 18.4 Å². The summed E-state index contributed by atoms with van der Waals surface area (Å²) in [6.45, 7) is 0.262. The molecule has 1 heterocycles. The molecule has 21 heavy (non-hydrogen) atoms. The molecule has 0 saturated heterocycles. The fraction of sp³-hybridized carbons (Fsp3) is 0.400. The lowest BCUT2D eigenvalue weighted by Gasteiger charge is -2.23. The molecule has 0 bridgehead atoms. The normalized spacial score (nSPS) is 22.4. The summed E-state index contributed by atoms with van der Waals surface area (Å²) in [5.41, 5.74) is 0.728. The Balaban J connectivity index is 1.73. The van der Waals surface area contributed by atoms with Gasteiger partial charge in [0.2, 0.25) is 15.9 Å². The van der Waals surface area contributed by atoms with Crippen molar-refractivity contribution in [2.24, 2.45) is 0 Å². The number of rotatable bonds is 5. The van der Waals surface area contributed by atoms with E-state index in [4.69, 9.17) is 0 Å². The van der Waals surface area contributed by atoms with Crippen molar-refractivity contribution in [2.75, 3.05) is 6.54 Å². The largest absolute Gasteiger partial charge is 0.352 e. The summed E-state index contributed by atoms with van der Waals surface area (Å²) in [5.74, 6) is -0.300. The Morgan fingerprint density at radius 1 is 1.24 bits per heavy atom. The Morgan fingerprint density at radius 2 is 1.95 bits per heavy atom. The van der Waals surface area contributed by atoms with Crippen LogP contribution in [0.1, 0.15) is 18.4 Å². The van der Waals surface area contributed by atoms with Crippen LogP contribution in [0, 0.1) is 0 Å². The van der Waals surface area contributed by atoms with Crippen LogP contribution in [0.25, 0.3) is 0 Å². The molecule has 0 radical (unpaired) electrons. The highest BCUT2D eigenvalue weighted by Crippen LogP contribution is 2.22. The number of amides is 1. The molecule has 1 aromatic carbocycles. The fourth-order valence-corrected chi connectivity index (χ4v) is 3.99. The molecule has 6 heteroatoms. The first-order valence-electron chi connectivity index (χ1n) is 7.07. The Morgan fingerprint density at radius 3 is 2.62 bits per heavy atom. The van der Waals surface area contributed by atoms with Crippen molar-refractivity contribution in [3.63, 3.8) is 0 Å². The van der Waals surface area contributed by atoms with Gasteiger partial charge in [0.15, 0.2) is 0 Å². The van der Waals surface area contributed by atoms with Gasteiger partial charge in [0, 0.05) is 12.6 Å². The molecule has 1 aliphatic heterocycles. The minimum Gasteiger partial charge on any atom is -0.352 e. The average Bonchev–Trinajstić information content (AvgIpc) is 3.11. The van der Waals surface area contributed by atoms with Crippen molar-refractivity contribution in [2.45, 2.75) is 30.7 Å². The van der Waals surface area contributed by atoms with Crippen LogP contribution in [0.2, 0.25) is 0 Å². The van der Waals surface area contributed by atoms with Gasteiger partial charge in [-0.15, -0.1) is 0 Å². The van der Waals surface area contributed by atoms with Crippen LogP contribution in [0.3, 0.4) is 0 Å². The van der Waals surface area contributed by atoms with E-state index in [1.165, 1.54) is 4.31 Å². The molecule has 112 valence electrons. The number of carbonyl (C=O) groups excluding carboxylic acids is 1. The van der Waals surface area contributed by atoms with E-state index < -0.39 is 16.1 Å². The molecule has 1 aromatic rings. The number of carbonyl (C=O) groups is 1. The summed E-state index contributed by atoms with van der Waals surface area (Å²) in [7, 11) is -3.51. The fourth-order valence-electron chi connectivity index (χ4n) is 2.39. The van der Waals surface area contributed by atoms with Gasteiger partial charge in [0.1, 0.15) is 6.04 Å². The van der Waals surface area contributed by atoms with Crippen molar-refractivity contribution >= 4 is 15.9 Å². The first kappa shape index (κ1) is 14.3. The summed E-state index contributed by atoms with van der Waals surface area (Å²) in [4.78, 5) is 12.1. The molecule has 0 unspecified atom stereocenters. The van der Waals surface area contributed by atoms with E-state index in [1.54, 1.807) is 24.3 Å². The lowest BCUT2D eigenvalue weighted by Crippen LogP contribution is -2.47. The van der Waals surface area contributed by atoms with Crippen LogP contribution in [0.15, 0.2) is 42.5 Å². The molecule has 1 atom stereocenters. The monoisotopic (exact) mass is 306 g/mol. The van der Waals surface area contributed by atoms with Crippen LogP contribution in [-0.4, -0.2) is 37.3 Å². The van der Waals surface area contributed by atoms with Gasteiger partial charge in [-0.25, -0.2) is 8.42 Å². The molecule has 1 fully saturated rings. The van der Waals surface area contributed by atoms with Crippen LogP contribution in [0.5, 0.6) is 0 Å². The van der Waals surface area contributed by atoms with Gasteiger partial charge in [-0.1, -0.05) is 42.5 Å². The highest BCUT2D eigenvalue weighted by atomic mass is 32.2. The lowest BCUT2D eigenvalue weighted by atomic mass is 10.2. The Labute approximate surface area is 124 Å². The van der Waals surface area contributed by atoms with E-state index in [-0.39, 0.29) is 24.2 Å². The molecule has 1 amide bonds. The van der Waals surface area contributed by atoms with Crippen LogP contribution < -0.4 is 5.32 Å². The Bertz CT molecular complexity index is 651. The molecule has 0 spiro atoms. The van der Waals surface area contributed by atoms with E-state index >= 15 is 0 Å². The third-order valence-corrected chi connectivity index (χ3v) is 5.44. The van der Waals surface area contributed by atoms with Gasteiger partial charge in [-0.05, 0) is 18.4 Å². The van der Waals surface area contributed by atoms with Crippen molar-refractivity contribution in [1.29, 1.82) is 0 Å². The molecule has 5 nitrogen and oxygen atoms in total. The molecular weight excluding hydrogens is 288 g/mol. The van der Waals surface area contributed by atoms with Crippen LogP contribution >= 0.6 is 0 Å². The summed E-state index contributed by atoms with van der Waals surface area (Å²) in [6.07, 6.45) is 5.37. The number of hydrogen-bond donors (Lipinski definition) is 1. The molecule has 1 saturated carbocycles. The van der Waals surface area contributed by atoms with Crippen molar-refractivity contribution < 1.29 is 13.2 Å². The minimum atomic E-state index is -3.51. The first-order valence-corrected chi connectivity index (χ1v) is 8.68. The van der Waals surface area contributed by atoms with Crippen molar-refractivity contribution in [3.8, 4) is 0 Å². The summed E-state index contributed by atoms with van der Waals surface area (Å²) in [6, 6.07) is 8.54. The third-order valence-electron chi connectivity index (χ3n) is 3.66. The average molecular weight is 306 g/mol. The maximum absolute atomic E-state index is 12.5. The number of nitrogens with one attached hydrogen (secondary N) is 1. The van der Waals surface area contributed by atoms with Gasteiger partial charge in [0.25, 0.3) is 0 Å². The van der Waals surface area contributed by atoms with Crippen LogP contribution in [0.4, 0.5) is 0 Å². The predicted octanol–water partition coefficient (Wildman–Crippen LogP) is 1.04. The zero-order valence-corrected chi connectivity index (χ0v) is 12.4. The van der Waals surface area contributed by atoms with E-state index in [0.29, 0.717) is 0 Å². The number of sulfonamides is 1. The molecule has 3 rings (SSSR count). The number of nitrogens with zero attached hydrogens (tertiary/aromatic N) is 1. The second-order valence-corrected chi connectivity index (χ2v) is 7.39. The van der Waals surface area contributed by atoms with Crippen molar-refractivity contribution in [1.82, 2.24) is 9.62 Å². The van der Waals surface area contributed by atoms with E-state index in [9.17, 15) is 13.2 Å². The van der Waals surface area contributed by atoms with Crippen molar-refractivity contribution in [3.05, 3.63) is 48.0 Å². The number of benzene rings is 1. The van der Waals surface area contributed by atoms with Gasteiger partial charge < -0.3 is 5.32 Å². The smallest absolute Gasteiger partial charge is 0.242 e. The number of hydrogen-bond acceptors (Lipinski definition) is 3. The standard InChI is InChI=1S/C15H18N2O3S/c18-15(16-13-8-9-13)14-7-4-10-17(14)21(19,20)11-12-5-2-1-3-6-12/h1-7,13-14H,8-11H2,(H,16,18)/t14-/m0/s1. The quantitative estimate of drug-likeness (QED) is 0.827.